The van der Waals surface area contributed by atoms with E-state index in [1.807, 2.05) is 0 Å². The number of halogens is 9. The van der Waals surface area contributed by atoms with Crippen LogP contribution in [-0.4, -0.2) is 60.9 Å². The summed E-state index contributed by atoms with van der Waals surface area (Å²) in [6.45, 7) is 5.38. The minimum atomic E-state index is -7.39. The summed E-state index contributed by atoms with van der Waals surface area (Å²) in [5.41, 5.74) is -0.933. The molecule has 1 rings (SSSR count). The van der Waals surface area contributed by atoms with E-state index in [1.54, 1.807) is 0 Å². The zero-order valence-corrected chi connectivity index (χ0v) is 17.2. The van der Waals surface area contributed by atoms with E-state index < -0.39 is 69.9 Å². The second-order valence-electron chi connectivity index (χ2n) is 7.50. The number of hydrogen-bond donors (Lipinski definition) is 0. The van der Waals surface area contributed by atoms with Crippen LogP contribution in [0.4, 0.5) is 44.3 Å². The summed E-state index contributed by atoms with van der Waals surface area (Å²) in [5.74, 6) is -15.7. The van der Waals surface area contributed by atoms with E-state index >= 15 is 0 Å². The summed E-state index contributed by atoms with van der Waals surface area (Å²) in [7, 11) is -7.02. The van der Waals surface area contributed by atoms with Crippen LogP contribution in [0, 0.1) is 0 Å². The van der Waals surface area contributed by atoms with Crippen molar-refractivity contribution in [1.82, 2.24) is 4.90 Å². The van der Waals surface area contributed by atoms with Crippen LogP contribution in [0.1, 0.15) is 34.1 Å². The Morgan fingerprint density at radius 1 is 1.00 bits per heavy atom. The third kappa shape index (κ3) is 5.14. The molecule has 0 saturated heterocycles. The first-order chi connectivity index (χ1) is 13.5. The molecule has 0 bridgehead atoms. The standard InChI is InChI=1S/C15H18F9NO5S/c1-8-7-9(5-6-25(8)10(26)29-11(2,3)4)30-31(27,28)15(23,24)13(18,19)12(16,17)14(20,21)22/h7-8H,5-6H2,1-4H3. The van der Waals surface area contributed by atoms with Gasteiger partial charge in [0.05, 0.1) is 6.04 Å². The molecule has 1 atom stereocenters. The fourth-order valence-electron chi connectivity index (χ4n) is 2.24. The molecule has 1 heterocycles. The molecule has 1 amide bonds. The zero-order chi connectivity index (χ0) is 24.8. The number of amides is 1. The van der Waals surface area contributed by atoms with Crippen molar-refractivity contribution in [2.45, 2.75) is 69.0 Å². The smallest absolute Gasteiger partial charge is 0.444 e. The fourth-order valence-corrected chi connectivity index (χ4v) is 3.20. The van der Waals surface area contributed by atoms with Crippen molar-refractivity contribution in [2.24, 2.45) is 0 Å². The highest BCUT2D eigenvalue weighted by atomic mass is 32.2. The van der Waals surface area contributed by atoms with Gasteiger partial charge in [0.1, 0.15) is 11.4 Å². The Morgan fingerprint density at radius 2 is 1.48 bits per heavy atom. The van der Waals surface area contributed by atoms with Crippen molar-refractivity contribution in [1.29, 1.82) is 0 Å². The van der Waals surface area contributed by atoms with Gasteiger partial charge in [0.25, 0.3) is 0 Å². The van der Waals surface area contributed by atoms with Crippen molar-refractivity contribution in [2.75, 3.05) is 6.54 Å². The summed E-state index contributed by atoms with van der Waals surface area (Å²) < 4.78 is 148. The summed E-state index contributed by atoms with van der Waals surface area (Å²) in [6.07, 6.45) is -8.04. The molecular weight excluding hydrogens is 477 g/mol. The maximum atomic E-state index is 13.7. The average molecular weight is 495 g/mol. The molecule has 16 heteroatoms. The lowest BCUT2D eigenvalue weighted by atomic mass is 10.1. The molecule has 0 radical (unpaired) electrons. The van der Waals surface area contributed by atoms with Crippen LogP contribution in [0.2, 0.25) is 0 Å². The Bertz CT molecular complexity index is 831. The SMILES string of the molecule is CC1C=C(OS(=O)(=O)C(F)(F)C(F)(F)C(F)(F)C(F)(F)F)CCN1C(=O)OC(C)(C)C. The number of ether oxygens (including phenoxy) is 1. The number of carbonyl (C=O) groups is 1. The van der Waals surface area contributed by atoms with Crippen LogP contribution >= 0.6 is 0 Å². The fraction of sp³-hybridized carbons (Fsp3) is 0.800. The lowest BCUT2D eigenvalue weighted by molar-refractivity contribution is -0.382. The Morgan fingerprint density at radius 3 is 1.87 bits per heavy atom. The molecule has 1 aliphatic heterocycles. The summed E-state index contributed by atoms with van der Waals surface area (Å²) >= 11 is 0. The lowest BCUT2D eigenvalue weighted by Gasteiger charge is -2.35. The molecule has 0 aliphatic carbocycles. The van der Waals surface area contributed by atoms with Gasteiger partial charge >= 0.3 is 39.5 Å². The normalized spacial score (nSPS) is 19.7. The predicted octanol–water partition coefficient (Wildman–Crippen LogP) is 4.67. The molecule has 0 aromatic rings. The summed E-state index contributed by atoms with van der Waals surface area (Å²) in [6, 6.07) is -1.08. The van der Waals surface area contributed by atoms with Gasteiger partial charge in [-0.1, -0.05) is 0 Å². The Balaban J connectivity index is 3.15. The summed E-state index contributed by atoms with van der Waals surface area (Å²) in [4.78, 5) is 13.0. The van der Waals surface area contributed by atoms with Gasteiger partial charge in [-0.15, -0.1) is 0 Å². The van der Waals surface area contributed by atoms with Gasteiger partial charge < -0.3 is 13.8 Å². The maximum absolute atomic E-state index is 13.7. The van der Waals surface area contributed by atoms with Crippen molar-refractivity contribution >= 4 is 16.2 Å². The van der Waals surface area contributed by atoms with Gasteiger partial charge in [0.15, 0.2) is 0 Å². The molecule has 182 valence electrons. The Labute approximate surface area is 171 Å². The van der Waals surface area contributed by atoms with Gasteiger partial charge in [0, 0.05) is 13.0 Å². The van der Waals surface area contributed by atoms with Gasteiger partial charge in [0.2, 0.25) is 0 Å². The molecule has 0 aromatic heterocycles. The second kappa shape index (κ2) is 7.92. The van der Waals surface area contributed by atoms with Crippen LogP contribution in [0.3, 0.4) is 0 Å². The first-order valence-corrected chi connectivity index (χ1v) is 9.73. The zero-order valence-electron chi connectivity index (χ0n) is 16.4. The van der Waals surface area contributed by atoms with E-state index in [2.05, 4.69) is 4.18 Å². The highest BCUT2D eigenvalue weighted by molar-refractivity contribution is 7.88. The van der Waals surface area contributed by atoms with Crippen LogP contribution in [0.25, 0.3) is 0 Å². The largest absolute Gasteiger partial charge is 0.460 e. The topological polar surface area (TPSA) is 72.9 Å². The lowest BCUT2D eigenvalue weighted by Crippen LogP contribution is -2.63. The van der Waals surface area contributed by atoms with Crippen LogP contribution in [0.15, 0.2) is 11.8 Å². The number of alkyl halides is 9. The molecule has 6 nitrogen and oxygen atoms in total. The van der Waals surface area contributed by atoms with E-state index in [0.29, 0.717) is 6.08 Å². The van der Waals surface area contributed by atoms with E-state index in [4.69, 9.17) is 4.74 Å². The summed E-state index contributed by atoms with van der Waals surface area (Å²) in [5, 5.41) is -6.95. The van der Waals surface area contributed by atoms with Crippen molar-refractivity contribution < 1.29 is 61.6 Å². The monoisotopic (exact) mass is 495 g/mol. The van der Waals surface area contributed by atoms with E-state index in [1.165, 1.54) is 27.7 Å². The van der Waals surface area contributed by atoms with Gasteiger partial charge in [-0.25, -0.2) is 4.79 Å². The highest BCUT2D eigenvalue weighted by Gasteiger charge is 2.86. The first-order valence-electron chi connectivity index (χ1n) is 8.32. The third-order valence-corrected chi connectivity index (χ3v) is 5.11. The van der Waals surface area contributed by atoms with E-state index in [9.17, 15) is 52.7 Å². The number of carbonyl (C=O) groups excluding carboxylic acids is 1. The van der Waals surface area contributed by atoms with Gasteiger partial charge in [-0.2, -0.15) is 47.9 Å². The van der Waals surface area contributed by atoms with Gasteiger partial charge in [-0.3, -0.25) is 0 Å². The quantitative estimate of drug-likeness (QED) is 0.410. The second-order valence-corrected chi connectivity index (χ2v) is 9.09. The minimum absolute atomic E-state index is 0.419. The van der Waals surface area contributed by atoms with Gasteiger partial charge in [-0.05, 0) is 33.8 Å². The molecule has 0 fully saturated rings. The average Bonchev–Trinajstić information content (AvgIpc) is 2.50. The van der Waals surface area contributed by atoms with E-state index in [-0.39, 0.29) is 0 Å². The van der Waals surface area contributed by atoms with Crippen LogP contribution < -0.4 is 0 Å². The van der Waals surface area contributed by atoms with Crippen molar-refractivity contribution in [3.8, 4) is 0 Å². The molecule has 0 N–H and O–H groups in total. The van der Waals surface area contributed by atoms with Crippen LogP contribution in [-0.2, 0) is 19.0 Å². The van der Waals surface area contributed by atoms with Crippen LogP contribution in [0.5, 0.6) is 0 Å². The third-order valence-electron chi connectivity index (χ3n) is 3.79. The number of nitrogens with zero attached hydrogens (tertiary/aromatic N) is 1. The molecule has 0 aromatic carbocycles. The minimum Gasteiger partial charge on any atom is -0.444 e. The highest BCUT2D eigenvalue weighted by Crippen LogP contribution is 2.55. The Kier molecular flexibility index (Phi) is 6.94. The molecule has 0 saturated carbocycles. The molecule has 0 spiro atoms. The van der Waals surface area contributed by atoms with Crippen molar-refractivity contribution in [3.05, 3.63) is 11.8 Å². The van der Waals surface area contributed by atoms with E-state index in [0.717, 1.165) is 4.90 Å². The Hall–Kier alpha value is -1.87. The number of hydrogen-bond acceptors (Lipinski definition) is 5. The molecular formula is C15H18F9NO5S. The predicted molar refractivity (Wildman–Crippen MR) is 86.0 cm³/mol. The molecule has 1 aliphatic rings. The van der Waals surface area contributed by atoms with Crippen molar-refractivity contribution in [3.63, 3.8) is 0 Å². The molecule has 31 heavy (non-hydrogen) atoms. The molecule has 1 unspecified atom stereocenters. The number of rotatable bonds is 5. The first kappa shape index (κ1) is 27.2. The maximum Gasteiger partial charge on any atom is 0.460 e.